The Hall–Kier alpha value is -0.570. The van der Waals surface area contributed by atoms with E-state index in [4.69, 9.17) is 0 Å². The zero-order valence-corrected chi connectivity index (χ0v) is 9.72. The van der Waals surface area contributed by atoms with E-state index in [1.165, 1.54) is 18.9 Å². The highest BCUT2D eigenvalue weighted by Gasteiger charge is 2.22. The molecule has 0 aromatic heterocycles. The molecule has 1 nitrogen and oxygen atoms in total. The summed E-state index contributed by atoms with van der Waals surface area (Å²) in [5.74, 6) is -0.165. The number of hydrogen-bond donors (Lipinski definition) is 0. The lowest BCUT2D eigenvalue weighted by Gasteiger charge is -2.24. The summed E-state index contributed by atoms with van der Waals surface area (Å²) in [6.45, 7) is 3.22. The number of nitrogens with zero attached hydrogens (tertiary/aromatic N) is 1. The fourth-order valence-corrected chi connectivity index (χ4v) is 2.47. The molecule has 76 valence electrons. The summed E-state index contributed by atoms with van der Waals surface area (Å²) in [5.41, 5.74) is 0.981. The number of hydrogen-bond acceptors (Lipinski definition) is 1. The van der Waals surface area contributed by atoms with Crippen molar-refractivity contribution < 1.29 is 4.39 Å². The van der Waals surface area contributed by atoms with Crippen molar-refractivity contribution in [1.82, 2.24) is 0 Å². The van der Waals surface area contributed by atoms with Crippen molar-refractivity contribution in [2.75, 3.05) is 11.4 Å². The minimum Gasteiger partial charge on any atom is -0.368 e. The van der Waals surface area contributed by atoms with Gasteiger partial charge in [0.2, 0.25) is 0 Å². The molecule has 1 aliphatic heterocycles. The van der Waals surface area contributed by atoms with Crippen LogP contribution in [0.15, 0.2) is 22.7 Å². The van der Waals surface area contributed by atoms with Crippen molar-refractivity contribution in [2.45, 2.75) is 25.8 Å². The molecule has 0 spiro atoms. The molecule has 0 N–H and O–H groups in total. The van der Waals surface area contributed by atoms with E-state index in [1.54, 1.807) is 12.1 Å². The van der Waals surface area contributed by atoms with Gasteiger partial charge in [-0.05, 0) is 53.9 Å². The third-order valence-corrected chi connectivity index (χ3v) is 3.44. The zero-order chi connectivity index (χ0) is 10.1. The van der Waals surface area contributed by atoms with Gasteiger partial charge in [0.1, 0.15) is 5.82 Å². The van der Waals surface area contributed by atoms with Crippen LogP contribution < -0.4 is 4.90 Å². The van der Waals surface area contributed by atoms with E-state index in [1.807, 2.05) is 0 Å². The van der Waals surface area contributed by atoms with E-state index in [9.17, 15) is 4.39 Å². The summed E-state index contributed by atoms with van der Waals surface area (Å²) in [5, 5.41) is 0. The first-order chi connectivity index (χ1) is 6.68. The smallest absolute Gasteiger partial charge is 0.125 e. The maximum Gasteiger partial charge on any atom is 0.125 e. The highest BCUT2D eigenvalue weighted by atomic mass is 79.9. The number of benzene rings is 1. The molecule has 1 aromatic rings. The minimum absolute atomic E-state index is 0.165. The third kappa shape index (κ3) is 1.78. The number of halogens is 2. The van der Waals surface area contributed by atoms with Crippen LogP contribution in [0.2, 0.25) is 0 Å². The molecular weight excluding hydrogens is 245 g/mol. The van der Waals surface area contributed by atoms with Crippen LogP contribution in [0.1, 0.15) is 19.8 Å². The van der Waals surface area contributed by atoms with E-state index in [0.717, 1.165) is 16.7 Å². The largest absolute Gasteiger partial charge is 0.368 e. The first kappa shape index (κ1) is 9.97. The summed E-state index contributed by atoms with van der Waals surface area (Å²) < 4.78 is 14.1. The lowest BCUT2D eigenvalue weighted by atomic mass is 10.2. The molecule has 2 rings (SSSR count). The predicted molar refractivity (Wildman–Crippen MR) is 60.1 cm³/mol. The van der Waals surface area contributed by atoms with Gasteiger partial charge in [-0.1, -0.05) is 0 Å². The van der Waals surface area contributed by atoms with E-state index < -0.39 is 0 Å². The second kappa shape index (κ2) is 3.89. The van der Waals surface area contributed by atoms with Gasteiger partial charge in [-0.15, -0.1) is 0 Å². The molecule has 1 aromatic carbocycles. The van der Waals surface area contributed by atoms with Crippen LogP contribution in [0.25, 0.3) is 0 Å². The van der Waals surface area contributed by atoms with Gasteiger partial charge in [-0.2, -0.15) is 0 Å². The molecule has 14 heavy (non-hydrogen) atoms. The average molecular weight is 258 g/mol. The first-order valence-corrected chi connectivity index (χ1v) is 5.69. The third-order valence-electron chi connectivity index (χ3n) is 2.77. The Morgan fingerprint density at radius 1 is 1.50 bits per heavy atom. The SMILES string of the molecule is CC1CCCN1c1cc(F)ccc1Br. The summed E-state index contributed by atoms with van der Waals surface area (Å²) >= 11 is 3.46. The molecule has 0 amide bonds. The molecule has 1 saturated heterocycles. The van der Waals surface area contributed by atoms with Crippen molar-refractivity contribution in [1.29, 1.82) is 0 Å². The number of anilines is 1. The Kier molecular flexibility index (Phi) is 2.77. The monoisotopic (exact) mass is 257 g/mol. The van der Waals surface area contributed by atoms with Crippen LogP contribution in [-0.4, -0.2) is 12.6 Å². The Morgan fingerprint density at radius 3 is 2.93 bits per heavy atom. The van der Waals surface area contributed by atoms with Gasteiger partial charge in [-0.25, -0.2) is 4.39 Å². The molecule has 3 heteroatoms. The molecule has 0 radical (unpaired) electrons. The maximum atomic E-state index is 13.1. The second-order valence-electron chi connectivity index (χ2n) is 3.78. The molecule has 1 aliphatic rings. The standard InChI is InChI=1S/C11H13BrFN/c1-8-3-2-6-14(8)11-7-9(13)4-5-10(11)12/h4-5,7-8H,2-3,6H2,1H3. The highest BCUT2D eigenvalue weighted by molar-refractivity contribution is 9.10. The van der Waals surface area contributed by atoms with Gasteiger partial charge in [0.05, 0.1) is 5.69 Å². The summed E-state index contributed by atoms with van der Waals surface area (Å²) in [6.07, 6.45) is 2.40. The predicted octanol–water partition coefficient (Wildman–Crippen LogP) is 3.58. The van der Waals surface area contributed by atoms with E-state index in [-0.39, 0.29) is 5.82 Å². The Morgan fingerprint density at radius 2 is 2.29 bits per heavy atom. The number of rotatable bonds is 1. The van der Waals surface area contributed by atoms with Crippen molar-refractivity contribution in [3.8, 4) is 0 Å². The van der Waals surface area contributed by atoms with E-state index in [0.29, 0.717) is 6.04 Å². The van der Waals surface area contributed by atoms with Crippen LogP contribution >= 0.6 is 15.9 Å². The van der Waals surface area contributed by atoms with Gasteiger partial charge >= 0.3 is 0 Å². The Balaban J connectivity index is 2.34. The van der Waals surface area contributed by atoms with Crippen LogP contribution in [0.5, 0.6) is 0 Å². The van der Waals surface area contributed by atoms with Gasteiger partial charge in [0.15, 0.2) is 0 Å². The van der Waals surface area contributed by atoms with Crippen molar-refractivity contribution in [3.63, 3.8) is 0 Å². The second-order valence-corrected chi connectivity index (χ2v) is 4.63. The quantitative estimate of drug-likeness (QED) is 0.744. The van der Waals surface area contributed by atoms with Crippen LogP contribution in [0.4, 0.5) is 10.1 Å². The van der Waals surface area contributed by atoms with Crippen LogP contribution in [0.3, 0.4) is 0 Å². The Bertz CT molecular complexity index is 340. The van der Waals surface area contributed by atoms with E-state index in [2.05, 4.69) is 27.8 Å². The normalized spacial score (nSPS) is 21.6. The fourth-order valence-electron chi connectivity index (χ4n) is 2.00. The van der Waals surface area contributed by atoms with Gasteiger partial charge in [0.25, 0.3) is 0 Å². The average Bonchev–Trinajstić information content (AvgIpc) is 2.56. The molecule has 0 saturated carbocycles. The van der Waals surface area contributed by atoms with Gasteiger partial charge in [0, 0.05) is 17.1 Å². The molecule has 1 heterocycles. The lowest BCUT2D eigenvalue weighted by molar-refractivity contribution is 0.625. The highest BCUT2D eigenvalue weighted by Crippen LogP contribution is 2.32. The molecular formula is C11H13BrFN. The molecule has 0 bridgehead atoms. The lowest BCUT2D eigenvalue weighted by Crippen LogP contribution is -2.26. The van der Waals surface area contributed by atoms with E-state index >= 15 is 0 Å². The first-order valence-electron chi connectivity index (χ1n) is 4.90. The van der Waals surface area contributed by atoms with Crippen molar-refractivity contribution in [3.05, 3.63) is 28.5 Å². The van der Waals surface area contributed by atoms with Gasteiger partial charge < -0.3 is 4.90 Å². The van der Waals surface area contributed by atoms with Crippen LogP contribution in [0, 0.1) is 5.82 Å². The molecule has 1 atom stereocenters. The summed E-state index contributed by atoms with van der Waals surface area (Å²) in [6, 6.07) is 5.38. The van der Waals surface area contributed by atoms with Crippen molar-refractivity contribution in [2.24, 2.45) is 0 Å². The van der Waals surface area contributed by atoms with Crippen LogP contribution in [-0.2, 0) is 0 Å². The fraction of sp³-hybridized carbons (Fsp3) is 0.455. The molecule has 0 aliphatic carbocycles. The molecule has 1 fully saturated rings. The Labute approximate surface area is 92.0 Å². The zero-order valence-electron chi connectivity index (χ0n) is 8.13. The van der Waals surface area contributed by atoms with Crippen molar-refractivity contribution >= 4 is 21.6 Å². The summed E-state index contributed by atoms with van der Waals surface area (Å²) in [7, 11) is 0. The van der Waals surface area contributed by atoms with Gasteiger partial charge in [-0.3, -0.25) is 0 Å². The topological polar surface area (TPSA) is 3.24 Å². The summed E-state index contributed by atoms with van der Waals surface area (Å²) in [4.78, 5) is 2.26. The maximum absolute atomic E-state index is 13.1. The minimum atomic E-state index is -0.165. The molecule has 1 unspecified atom stereocenters.